The van der Waals surface area contributed by atoms with Crippen LogP contribution in [0.1, 0.15) is 0 Å². The largest absolute Gasteiger partial charge is 0.297 e. The maximum Gasteiger partial charge on any atom is 0.270 e. The third-order valence-corrected chi connectivity index (χ3v) is 1.39. The monoisotopic (exact) mass is 169 g/mol. The lowest BCUT2D eigenvalue weighted by Crippen LogP contribution is -2.14. The summed E-state index contributed by atoms with van der Waals surface area (Å²) in [5.74, 6) is 0. The Morgan fingerprint density at radius 1 is 1.91 bits per heavy atom. The van der Waals surface area contributed by atoms with Gasteiger partial charge in [0.05, 0.1) is 6.54 Å². The van der Waals surface area contributed by atoms with E-state index >= 15 is 0 Å². The number of allylic oxidation sites excluding steroid dienone is 1. The zero-order valence-electron chi connectivity index (χ0n) is 5.78. The van der Waals surface area contributed by atoms with Gasteiger partial charge in [-0.15, -0.1) is 6.58 Å². The third kappa shape index (κ3) is 1.84. The number of aromatic nitrogens is 3. The fourth-order valence-electron chi connectivity index (χ4n) is 0.629. The lowest BCUT2D eigenvalue weighted by Gasteiger charge is -1.97. The Hall–Kier alpha value is -1.23. The topological polar surface area (TPSA) is 50.7 Å². The van der Waals surface area contributed by atoms with E-state index in [0.29, 0.717) is 11.3 Å². The zero-order chi connectivity index (χ0) is 8.27. The molecule has 4 nitrogen and oxygen atoms in total. The molecule has 0 aliphatic heterocycles. The van der Waals surface area contributed by atoms with E-state index < -0.39 is 0 Å². The van der Waals surface area contributed by atoms with Gasteiger partial charge in [-0.25, -0.2) is 4.68 Å². The number of nitrogens with zero attached hydrogens (tertiary/aromatic N) is 2. The van der Waals surface area contributed by atoms with Crippen molar-refractivity contribution in [1.82, 2.24) is 14.8 Å². The summed E-state index contributed by atoms with van der Waals surface area (Å²) >= 11 is 4.80. The predicted octanol–water partition coefficient (Wildman–Crippen LogP) is 0.487. The minimum absolute atomic E-state index is 0.282. The van der Waals surface area contributed by atoms with E-state index in [1.165, 1.54) is 10.9 Å². The Bertz CT molecular complexity index is 365. The molecule has 0 saturated carbocycles. The van der Waals surface area contributed by atoms with Crippen LogP contribution in [0.4, 0.5) is 0 Å². The molecule has 0 fully saturated rings. The SMILES string of the molecule is C=CCn1ncc(=O)[nH]c1=S. The second-order valence-corrected chi connectivity index (χ2v) is 2.30. The first-order valence-corrected chi connectivity index (χ1v) is 3.42. The second kappa shape index (κ2) is 3.25. The second-order valence-electron chi connectivity index (χ2n) is 1.91. The molecule has 0 saturated heterocycles. The van der Waals surface area contributed by atoms with E-state index in [0.717, 1.165) is 0 Å². The molecule has 11 heavy (non-hydrogen) atoms. The highest BCUT2D eigenvalue weighted by Crippen LogP contribution is 1.81. The minimum Gasteiger partial charge on any atom is -0.297 e. The molecule has 0 amide bonds. The van der Waals surface area contributed by atoms with Crippen LogP contribution in [-0.4, -0.2) is 14.8 Å². The van der Waals surface area contributed by atoms with E-state index in [1.807, 2.05) is 0 Å². The van der Waals surface area contributed by atoms with E-state index in [2.05, 4.69) is 16.7 Å². The quantitative estimate of drug-likeness (QED) is 0.517. The highest BCUT2D eigenvalue weighted by Gasteiger charge is 1.89. The van der Waals surface area contributed by atoms with Crippen LogP contribution in [0.3, 0.4) is 0 Å². The summed E-state index contributed by atoms with van der Waals surface area (Å²) in [6.45, 7) is 4.03. The molecule has 1 aromatic heterocycles. The van der Waals surface area contributed by atoms with Crippen LogP contribution in [0.25, 0.3) is 0 Å². The molecule has 1 heterocycles. The molecule has 0 aliphatic rings. The number of aromatic amines is 1. The molecule has 0 atom stereocenters. The van der Waals surface area contributed by atoms with Gasteiger partial charge in [-0.05, 0) is 12.2 Å². The van der Waals surface area contributed by atoms with Gasteiger partial charge in [-0.3, -0.25) is 9.78 Å². The van der Waals surface area contributed by atoms with Crippen molar-refractivity contribution in [3.8, 4) is 0 Å². The van der Waals surface area contributed by atoms with Crippen LogP contribution >= 0.6 is 12.2 Å². The highest BCUT2D eigenvalue weighted by atomic mass is 32.1. The number of rotatable bonds is 2. The van der Waals surface area contributed by atoms with Crippen LogP contribution in [0.2, 0.25) is 0 Å². The molecule has 0 aromatic carbocycles. The minimum atomic E-state index is -0.282. The molecular weight excluding hydrogens is 162 g/mol. The number of hydrogen-bond acceptors (Lipinski definition) is 3. The van der Waals surface area contributed by atoms with Gasteiger partial charge in [0.2, 0.25) is 0 Å². The van der Waals surface area contributed by atoms with Gasteiger partial charge < -0.3 is 0 Å². The molecule has 1 rings (SSSR count). The summed E-state index contributed by atoms with van der Waals surface area (Å²) in [4.78, 5) is 13.1. The standard InChI is InChI=1S/C6H7N3OS/c1-2-3-9-6(11)8-5(10)4-7-9/h2,4H,1,3H2,(H,8,10,11). The van der Waals surface area contributed by atoms with Gasteiger partial charge in [0.15, 0.2) is 4.77 Å². The molecule has 0 aliphatic carbocycles. The van der Waals surface area contributed by atoms with Crippen molar-refractivity contribution in [3.63, 3.8) is 0 Å². The van der Waals surface area contributed by atoms with Crippen molar-refractivity contribution in [2.45, 2.75) is 6.54 Å². The summed E-state index contributed by atoms with van der Waals surface area (Å²) in [5, 5.41) is 3.77. The molecule has 5 heteroatoms. The predicted molar refractivity (Wildman–Crippen MR) is 43.9 cm³/mol. The molecular formula is C6H7N3OS. The first kappa shape index (κ1) is 7.87. The van der Waals surface area contributed by atoms with Crippen LogP contribution in [-0.2, 0) is 6.54 Å². The Labute approximate surface area is 68.2 Å². The molecule has 0 unspecified atom stereocenters. The highest BCUT2D eigenvalue weighted by molar-refractivity contribution is 7.71. The van der Waals surface area contributed by atoms with E-state index in [4.69, 9.17) is 12.2 Å². The van der Waals surface area contributed by atoms with Gasteiger partial charge in [0, 0.05) is 0 Å². The van der Waals surface area contributed by atoms with Gasteiger partial charge in [-0.1, -0.05) is 6.08 Å². The lowest BCUT2D eigenvalue weighted by molar-refractivity contribution is 0.638. The fourth-order valence-corrected chi connectivity index (χ4v) is 0.851. The average molecular weight is 169 g/mol. The molecule has 0 spiro atoms. The smallest absolute Gasteiger partial charge is 0.270 e. The van der Waals surface area contributed by atoms with Gasteiger partial charge in [0.25, 0.3) is 5.56 Å². The average Bonchev–Trinajstić information content (AvgIpc) is 1.95. The van der Waals surface area contributed by atoms with Crippen molar-refractivity contribution in [3.05, 3.63) is 34.0 Å². The molecule has 1 aromatic rings. The van der Waals surface area contributed by atoms with Crippen LogP contribution in [0.5, 0.6) is 0 Å². The van der Waals surface area contributed by atoms with Crippen molar-refractivity contribution >= 4 is 12.2 Å². The summed E-state index contributed by atoms with van der Waals surface area (Å²) in [6, 6.07) is 0. The molecule has 58 valence electrons. The zero-order valence-corrected chi connectivity index (χ0v) is 6.60. The number of H-pyrrole nitrogens is 1. The Kier molecular flexibility index (Phi) is 2.32. The summed E-state index contributed by atoms with van der Waals surface area (Å²) < 4.78 is 1.79. The van der Waals surface area contributed by atoms with Gasteiger partial charge in [-0.2, -0.15) is 5.10 Å². The summed E-state index contributed by atoms with van der Waals surface area (Å²) in [7, 11) is 0. The van der Waals surface area contributed by atoms with Crippen molar-refractivity contribution in [1.29, 1.82) is 0 Å². The Morgan fingerprint density at radius 2 is 2.64 bits per heavy atom. The van der Waals surface area contributed by atoms with Crippen LogP contribution in [0, 0.1) is 4.77 Å². The fraction of sp³-hybridized carbons (Fsp3) is 0.167. The van der Waals surface area contributed by atoms with E-state index in [9.17, 15) is 4.79 Å². The molecule has 1 N–H and O–H groups in total. The summed E-state index contributed by atoms with van der Waals surface area (Å²) in [6.07, 6.45) is 2.83. The summed E-state index contributed by atoms with van der Waals surface area (Å²) in [5.41, 5.74) is -0.282. The van der Waals surface area contributed by atoms with E-state index in [-0.39, 0.29) is 5.56 Å². The van der Waals surface area contributed by atoms with E-state index in [1.54, 1.807) is 6.08 Å². The number of nitrogens with one attached hydrogen (secondary N) is 1. The van der Waals surface area contributed by atoms with Crippen LogP contribution in [0.15, 0.2) is 23.6 Å². The first-order valence-electron chi connectivity index (χ1n) is 3.01. The van der Waals surface area contributed by atoms with Crippen molar-refractivity contribution in [2.24, 2.45) is 0 Å². The van der Waals surface area contributed by atoms with Gasteiger partial charge in [0.1, 0.15) is 6.20 Å². The van der Waals surface area contributed by atoms with Crippen molar-refractivity contribution in [2.75, 3.05) is 0 Å². The van der Waals surface area contributed by atoms with Gasteiger partial charge >= 0.3 is 0 Å². The molecule has 0 radical (unpaired) electrons. The lowest BCUT2D eigenvalue weighted by atomic mass is 10.6. The number of hydrogen-bond donors (Lipinski definition) is 1. The Balaban J connectivity index is 3.19. The maximum absolute atomic E-state index is 10.6. The van der Waals surface area contributed by atoms with Crippen molar-refractivity contribution < 1.29 is 0 Å². The maximum atomic E-state index is 10.6. The molecule has 0 bridgehead atoms. The Morgan fingerprint density at radius 3 is 3.18 bits per heavy atom. The first-order chi connectivity index (χ1) is 5.24. The third-order valence-electron chi connectivity index (χ3n) is 1.08. The normalized spacial score (nSPS) is 9.45. The van der Waals surface area contributed by atoms with Crippen LogP contribution < -0.4 is 5.56 Å².